The predicted octanol–water partition coefficient (Wildman–Crippen LogP) is 1.33. The molecule has 3 N–H and O–H groups in total. The zero-order valence-electron chi connectivity index (χ0n) is 11.2. The van der Waals surface area contributed by atoms with Crippen LogP contribution in [-0.4, -0.2) is 29.6 Å². The van der Waals surface area contributed by atoms with Crippen molar-refractivity contribution in [2.75, 3.05) is 11.4 Å². The summed E-state index contributed by atoms with van der Waals surface area (Å²) in [6.45, 7) is 0.213. The van der Waals surface area contributed by atoms with Crippen molar-refractivity contribution in [2.45, 2.75) is 31.2 Å². The summed E-state index contributed by atoms with van der Waals surface area (Å²) in [4.78, 5) is 25.3. The van der Waals surface area contributed by atoms with Crippen LogP contribution in [0.5, 0.6) is 0 Å². The average Bonchev–Trinajstić information content (AvgIpc) is 3.19. The number of hydrogen-bond acceptors (Lipinski definition) is 3. The molecule has 1 aliphatic carbocycles. The lowest BCUT2D eigenvalue weighted by molar-refractivity contribution is -0.138. The van der Waals surface area contributed by atoms with Gasteiger partial charge in [0.05, 0.1) is 0 Å². The van der Waals surface area contributed by atoms with E-state index in [1.165, 1.54) is 0 Å². The highest BCUT2D eigenvalue weighted by atomic mass is 16.4. The van der Waals surface area contributed by atoms with Crippen molar-refractivity contribution in [3.63, 3.8) is 0 Å². The number of carbonyl (C=O) groups is 2. The molecule has 5 nitrogen and oxygen atoms in total. The molecule has 1 fully saturated rings. The number of benzene rings is 1. The molecule has 5 heteroatoms. The summed E-state index contributed by atoms with van der Waals surface area (Å²) in [6.07, 6.45) is 2.50. The Hall–Kier alpha value is -1.88. The Bertz CT molecular complexity index is 554. The smallest absolute Gasteiger partial charge is 0.312 e. The zero-order valence-corrected chi connectivity index (χ0v) is 11.2. The number of para-hydroxylation sites is 1. The highest BCUT2D eigenvalue weighted by molar-refractivity contribution is 5.99. The minimum atomic E-state index is -0.890. The number of fused-ring (bicyclic) bond motifs is 1. The number of amides is 1. The second-order valence-electron chi connectivity index (χ2n) is 5.66. The van der Waals surface area contributed by atoms with Gasteiger partial charge in [0, 0.05) is 24.7 Å². The lowest BCUT2D eigenvalue weighted by atomic mass is 10.0. The van der Waals surface area contributed by atoms with Crippen LogP contribution in [0.15, 0.2) is 24.3 Å². The highest BCUT2D eigenvalue weighted by Gasteiger charge is 2.38. The van der Waals surface area contributed by atoms with Gasteiger partial charge in [0.15, 0.2) is 0 Å². The summed E-state index contributed by atoms with van der Waals surface area (Å²) in [6, 6.07) is 7.11. The van der Waals surface area contributed by atoms with Crippen molar-refractivity contribution < 1.29 is 14.7 Å². The topological polar surface area (TPSA) is 83.6 Å². The third-order valence-electron chi connectivity index (χ3n) is 4.21. The lowest BCUT2D eigenvalue weighted by Crippen LogP contribution is -2.36. The standard InChI is InChI=1S/C15H18N2O3/c16-12(9-5-6-9)7-14(18)17-8-11(15(19)20)10-3-1-2-4-13(10)17/h1-4,9,11-12H,5-8,16H2,(H,19,20). The van der Waals surface area contributed by atoms with Gasteiger partial charge in [0.2, 0.25) is 5.91 Å². The molecule has 2 aliphatic rings. The summed E-state index contributed by atoms with van der Waals surface area (Å²) < 4.78 is 0. The quantitative estimate of drug-likeness (QED) is 0.867. The summed E-state index contributed by atoms with van der Waals surface area (Å²) >= 11 is 0. The molecule has 106 valence electrons. The van der Waals surface area contributed by atoms with E-state index in [1.807, 2.05) is 6.07 Å². The van der Waals surface area contributed by atoms with Crippen LogP contribution in [0.2, 0.25) is 0 Å². The zero-order chi connectivity index (χ0) is 14.3. The highest BCUT2D eigenvalue weighted by Crippen LogP contribution is 2.38. The van der Waals surface area contributed by atoms with Crippen LogP contribution < -0.4 is 10.6 Å². The van der Waals surface area contributed by atoms with Crippen LogP contribution in [0, 0.1) is 5.92 Å². The van der Waals surface area contributed by atoms with Crippen LogP contribution in [-0.2, 0) is 9.59 Å². The molecule has 0 saturated heterocycles. The summed E-state index contributed by atoms with van der Waals surface area (Å²) in [5.74, 6) is -1.13. The molecule has 1 aromatic rings. The predicted molar refractivity (Wildman–Crippen MR) is 74.5 cm³/mol. The molecule has 2 atom stereocenters. The normalized spacial score (nSPS) is 22.4. The Kier molecular flexibility index (Phi) is 3.22. The molecule has 0 spiro atoms. The van der Waals surface area contributed by atoms with Gasteiger partial charge in [-0.3, -0.25) is 9.59 Å². The molecular weight excluding hydrogens is 256 g/mol. The Labute approximate surface area is 117 Å². The first-order valence-electron chi connectivity index (χ1n) is 6.95. The Morgan fingerprint density at radius 1 is 1.35 bits per heavy atom. The van der Waals surface area contributed by atoms with Crippen LogP contribution in [0.1, 0.15) is 30.7 Å². The monoisotopic (exact) mass is 274 g/mol. The van der Waals surface area contributed by atoms with E-state index in [0.717, 1.165) is 12.8 Å². The fourth-order valence-electron chi connectivity index (χ4n) is 2.86. The largest absolute Gasteiger partial charge is 0.481 e. The molecule has 1 amide bonds. The molecular formula is C15H18N2O3. The number of carboxylic acids is 1. The van der Waals surface area contributed by atoms with Gasteiger partial charge in [0.25, 0.3) is 0 Å². The number of carbonyl (C=O) groups excluding carboxylic acids is 1. The van der Waals surface area contributed by atoms with E-state index < -0.39 is 11.9 Å². The molecule has 3 rings (SSSR count). The van der Waals surface area contributed by atoms with E-state index in [9.17, 15) is 14.7 Å². The molecule has 20 heavy (non-hydrogen) atoms. The number of anilines is 1. The van der Waals surface area contributed by atoms with Gasteiger partial charge in [-0.2, -0.15) is 0 Å². The molecule has 1 aromatic carbocycles. The summed E-state index contributed by atoms with van der Waals surface area (Å²) in [5, 5.41) is 9.28. The number of carboxylic acid groups (broad SMARTS) is 1. The van der Waals surface area contributed by atoms with Crippen LogP contribution in [0.3, 0.4) is 0 Å². The summed E-state index contributed by atoms with van der Waals surface area (Å²) in [7, 11) is 0. The van der Waals surface area contributed by atoms with Gasteiger partial charge >= 0.3 is 5.97 Å². The Balaban J connectivity index is 1.80. The lowest BCUT2D eigenvalue weighted by Gasteiger charge is -2.19. The van der Waals surface area contributed by atoms with Gasteiger partial charge in [-0.15, -0.1) is 0 Å². The van der Waals surface area contributed by atoms with Crippen LogP contribution in [0.25, 0.3) is 0 Å². The minimum Gasteiger partial charge on any atom is -0.481 e. The fraction of sp³-hybridized carbons (Fsp3) is 0.467. The molecule has 1 saturated carbocycles. The molecule has 1 heterocycles. The number of nitrogens with zero attached hydrogens (tertiary/aromatic N) is 1. The van der Waals surface area contributed by atoms with E-state index >= 15 is 0 Å². The first-order chi connectivity index (χ1) is 9.58. The average molecular weight is 274 g/mol. The maximum absolute atomic E-state index is 12.4. The van der Waals surface area contributed by atoms with Crippen molar-refractivity contribution in [1.82, 2.24) is 0 Å². The van der Waals surface area contributed by atoms with Crippen molar-refractivity contribution in [3.8, 4) is 0 Å². The molecule has 0 radical (unpaired) electrons. The Morgan fingerprint density at radius 3 is 2.70 bits per heavy atom. The second-order valence-corrected chi connectivity index (χ2v) is 5.66. The van der Waals surface area contributed by atoms with E-state index in [-0.39, 0.29) is 18.5 Å². The van der Waals surface area contributed by atoms with E-state index in [1.54, 1.807) is 23.1 Å². The van der Waals surface area contributed by atoms with Gasteiger partial charge in [-0.25, -0.2) is 0 Å². The molecule has 0 aromatic heterocycles. The van der Waals surface area contributed by atoms with Crippen LogP contribution >= 0.6 is 0 Å². The van der Waals surface area contributed by atoms with Gasteiger partial charge in [-0.1, -0.05) is 18.2 Å². The van der Waals surface area contributed by atoms with Gasteiger partial charge in [-0.05, 0) is 30.4 Å². The molecule has 0 bridgehead atoms. The maximum Gasteiger partial charge on any atom is 0.312 e. The number of nitrogens with two attached hydrogens (primary N) is 1. The van der Waals surface area contributed by atoms with Crippen molar-refractivity contribution in [1.29, 1.82) is 0 Å². The molecule has 1 aliphatic heterocycles. The van der Waals surface area contributed by atoms with E-state index in [4.69, 9.17) is 5.73 Å². The van der Waals surface area contributed by atoms with Crippen molar-refractivity contribution in [2.24, 2.45) is 11.7 Å². The summed E-state index contributed by atoms with van der Waals surface area (Å²) in [5.41, 5.74) is 7.43. The first-order valence-corrected chi connectivity index (χ1v) is 6.95. The van der Waals surface area contributed by atoms with Crippen molar-refractivity contribution in [3.05, 3.63) is 29.8 Å². The maximum atomic E-state index is 12.4. The number of hydrogen-bond donors (Lipinski definition) is 2. The minimum absolute atomic E-state index is 0.0689. The first kappa shape index (κ1) is 13.1. The van der Waals surface area contributed by atoms with E-state index in [2.05, 4.69) is 0 Å². The van der Waals surface area contributed by atoms with Crippen molar-refractivity contribution >= 4 is 17.6 Å². The number of rotatable bonds is 4. The SMILES string of the molecule is NC(CC(=O)N1CC(C(=O)O)c2ccccc21)C1CC1. The number of aliphatic carboxylic acids is 1. The second kappa shape index (κ2) is 4.90. The third-order valence-corrected chi connectivity index (χ3v) is 4.21. The fourth-order valence-corrected chi connectivity index (χ4v) is 2.86. The van der Waals surface area contributed by atoms with Gasteiger partial charge < -0.3 is 15.7 Å². The van der Waals surface area contributed by atoms with E-state index in [0.29, 0.717) is 23.6 Å². The third kappa shape index (κ3) is 2.29. The molecule has 2 unspecified atom stereocenters. The van der Waals surface area contributed by atoms with Crippen LogP contribution in [0.4, 0.5) is 5.69 Å². The Morgan fingerprint density at radius 2 is 2.05 bits per heavy atom. The van der Waals surface area contributed by atoms with Gasteiger partial charge in [0.1, 0.15) is 5.92 Å².